The molecule has 2 aromatic rings. The van der Waals surface area contributed by atoms with E-state index < -0.39 is 30.4 Å². The van der Waals surface area contributed by atoms with Gasteiger partial charge in [0.1, 0.15) is 11.8 Å². The van der Waals surface area contributed by atoms with Crippen LogP contribution in [0.5, 0.6) is 5.75 Å². The van der Waals surface area contributed by atoms with Crippen molar-refractivity contribution in [2.75, 3.05) is 30.5 Å². The highest BCUT2D eigenvalue weighted by atomic mass is 32.2. The number of carbonyl (C=O) groups excluding carboxylic acids is 3. The number of anilines is 1. The van der Waals surface area contributed by atoms with E-state index in [-0.39, 0.29) is 6.61 Å². The van der Waals surface area contributed by atoms with Crippen molar-refractivity contribution < 1.29 is 23.9 Å². The summed E-state index contributed by atoms with van der Waals surface area (Å²) in [5.41, 5.74) is 3.26. The van der Waals surface area contributed by atoms with Crippen LogP contribution < -0.4 is 15.4 Å². The third-order valence-electron chi connectivity index (χ3n) is 5.07. The number of rotatable bonds is 11. The fourth-order valence-corrected chi connectivity index (χ4v) is 3.94. The quantitative estimate of drug-likeness (QED) is 0.505. The number of amides is 2. The number of ether oxygens (including phenoxy) is 2. The number of fused-ring (bicyclic) bond motifs is 1. The monoisotopic (exact) mass is 456 g/mol. The molecule has 1 aliphatic rings. The minimum Gasteiger partial charge on any atom is -0.484 e. The first-order valence-corrected chi connectivity index (χ1v) is 12.0. The van der Waals surface area contributed by atoms with E-state index in [0.29, 0.717) is 23.6 Å². The number of hydrogen-bond acceptors (Lipinski definition) is 6. The molecule has 0 bridgehead atoms. The third-order valence-corrected chi connectivity index (χ3v) is 5.72. The van der Waals surface area contributed by atoms with Crippen LogP contribution in [0.4, 0.5) is 5.69 Å². The first-order valence-electron chi connectivity index (χ1n) is 10.6. The van der Waals surface area contributed by atoms with Crippen LogP contribution in [0.1, 0.15) is 24.0 Å². The van der Waals surface area contributed by atoms with Crippen LogP contribution in [-0.4, -0.2) is 49.0 Å². The van der Waals surface area contributed by atoms with Crippen molar-refractivity contribution in [3.63, 3.8) is 0 Å². The molecule has 2 amide bonds. The van der Waals surface area contributed by atoms with E-state index in [1.54, 1.807) is 36.0 Å². The lowest BCUT2D eigenvalue weighted by molar-refractivity contribution is -0.150. The zero-order valence-electron chi connectivity index (χ0n) is 18.1. The number of nitrogens with one attached hydrogen (secondary N) is 2. The van der Waals surface area contributed by atoms with Crippen molar-refractivity contribution >= 4 is 35.2 Å². The maximum absolute atomic E-state index is 12.5. The van der Waals surface area contributed by atoms with Gasteiger partial charge >= 0.3 is 5.97 Å². The van der Waals surface area contributed by atoms with Gasteiger partial charge in [-0.05, 0) is 73.1 Å². The molecule has 170 valence electrons. The Bertz CT molecular complexity index is 935. The second-order valence-corrected chi connectivity index (χ2v) is 8.48. The van der Waals surface area contributed by atoms with E-state index in [4.69, 9.17) is 9.47 Å². The van der Waals surface area contributed by atoms with Crippen molar-refractivity contribution in [3.8, 4) is 5.75 Å². The first-order chi connectivity index (χ1) is 15.5. The van der Waals surface area contributed by atoms with Crippen LogP contribution in [-0.2, 0) is 32.0 Å². The van der Waals surface area contributed by atoms with Crippen LogP contribution in [0.2, 0.25) is 0 Å². The highest BCUT2D eigenvalue weighted by Gasteiger charge is 2.23. The molecule has 7 nitrogen and oxygen atoms in total. The van der Waals surface area contributed by atoms with Crippen molar-refractivity contribution in [2.24, 2.45) is 0 Å². The van der Waals surface area contributed by atoms with Gasteiger partial charge in [0.25, 0.3) is 11.8 Å². The number of para-hydroxylation sites is 1. The molecule has 0 heterocycles. The largest absolute Gasteiger partial charge is 0.484 e. The lowest BCUT2D eigenvalue weighted by atomic mass is 10.1. The van der Waals surface area contributed by atoms with Gasteiger partial charge in [0, 0.05) is 5.69 Å². The normalized spacial score (nSPS) is 13.0. The minimum atomic E-state index is -0.845. The summed E-state index contributed by atoms with van der Waals surface area (Å²) in [7, 11) is 0. The standard InChI is InChI=1S/C24H28N2O5S/c1-32-13-12-21(26-23(28)15-30-20-8-3-2-4-9-20)24(29)31-16-22(27)25-19-11-10-17-6-5-7-18(17)14-19/h2-4,8-11,14,21H,5-7,12-13,15-16H2,1H3,(H,25,27)(H,26,28)/t21-/m1/s1. The summed E-state index contributed by atoms with van der Waals surface area (Å²) in [6.07, 6.45) is 5.51. The van der Waals surface area contributed by atoms with Crippen LogP contribution in [0.25, 0.3) is 0 Å². The van der Waals surface area contributed by atoms with Gasteiger partial charge in [-0.25, -0.2) is 4.79 Å². The summed E-state index contributed by atoms with van der Waals surface area (Å²) in [6.45, 7) is -0.631. The number of thioether (sulfide) groups is 1. The second kappa shape index (κ2) is 12.1. The molecule has 8 heteroatoms. The van der Waals surface area contributed by atoms with Crippen LogP contribution >= 0.6 is 11.8 Å². The van der Waals surface area contributed by atoms with Crippen LogP contribution in [0.15, 0.2) is 48.5 Å². The molecule has 0 spiro atoms. The van der Waals surface area contributed by atoms with Crippen LogP contribution in [0, 0.1) is 0 Å². The summed E-state index contributed by atoms with van der Waals surface area (Å²) >= 11 is 1.55. The molecule has 32 heavy (non-hydrogen) atoms. The molecule has 0 unspecified atom stereocenters. The number of esters is 1. The zero-order chi connectivity index (χ0) is 22.8. The van der Waals surface area contributed by atoms with Gasteiger partial charge in [-0.15, -0.1) is 0 Å². The summed E-state index contributed by atoms with van der Waals surface area (Å²) in [4.78, 5) is 37.0. The fraction of sp³-hybridized carbons (Fsp3) is 0.375. The van der Waals surface area contributed by atoms with Crippen LogP contribution in [0.3, 0.4) is 0 Å². The Balaban J connectivity index is 1.46. The van der Waals surface area contributed by atoms with E-state index in [1.165, 1.54) is 11.1 Å². The molecule has 0 saturated carbocycles. The van der Waals surface area contributed by atoms with Gasteiger partial charge in [-0.3, -0.25) is 9.59 Å². The number of benzene rings is 2. The molecule has 2 N–H and O–H groups in total. The molecular formula is C24H28N2O5S. The van der Waals surface area contributed by atoms with Crippen molar-refractivity contribution in [3.05, 3.63) is 59.7 Å². The molecule has 1 atom stereocenters. The van der Waals surface area contributed by atoms with E-state index >= 15 is 0 Å². The number of aryl methyl sites for hydroxylation is 2. The Morgan fingerprint density at radius 1 is 1.00 bits per heavy atom. The smallest absolute Gasteiger partial charge is 0.329 e. The zero-order valence-corrected chi connectivity index (χ0v) is 18.9. The average molecular weight is 457 g/mol. The Labute approximate surface area is 192 Å². The maximum Gasteiger partial charge on any atom is 0.329 e. The van der Waals surface area contributed by atoms with Crippen molar-refractivity contribution in [1.29, 1.82) is 0 Å². The molecule has 2 aromatic carbocycles. The lowest BCUT2D eigenvalue weighted by Crippen LogP contribution is -2.44. The molecule has 3 rings (SSSR count). The third kappa shape index (κ3) is 7.30. The predicted molar refractivity (Wildman–Crippen MR) is 125 cm³/mol. The fourth-order valence-electron chi connectivity index (χ4n) is 3.47. The summed E-state index contributed by atoms with van der Waals surface area (Å²) in [5, 5.41) is 5.40. The summed E-state index contributed by atoms with van der Waals surface area (Å²) < 4.78 is 10.6. The molecular weight excluding hydrogens is 428 g/mol. The summed E-state index contributed by atoms with van der Waals surface area (Å²) in [5.74, 6) is -0.274. The Kier molecular flexibility index (Phi) is 8.98. The lowest BCUT2D eigenvalue weighted by Gasteiger charge is -2.17. The molecule has 0 aromatic heterocycles. The Morgan fingerprint density at radius 2 is 1.78 bits per heavy atom. The van der Waals surface area contributed by atoms with E-state index in [9.17, 15) is 14.4 Å². The van der Waals surface area contributed by atoms with Gasteiger partial charge in [0.2, 0.25) is 0 Å². The van der Waals surface area contributed by atoms with Gasteiger partial charge < -0.3 is 20.1 Å². The molecule has 0 radical (unpaired) electrons. The van der Waals surface area contributed by atoms with Crippen molar-refractivity contribution in [1.82, 2.24) is 5.32 Å². The number of hydrogen-bond donors (Lipinski definition) is 2. The van der Waals surface area contributed by atoms with Crippen molar-refractivity contribution in [2.45, 2.75) is 31.7 Å². The second-order valence-electron chi connectivity index (χ2n) is 7.50. The topological polar surface area (TPSA) is 93.7 Å². The molecule has 0 fully saturated rings. The molecule has 0 aliphatic heterocycles. The Hall–Kier alpha value is -3.00. The maximum atomic E-state index is 12.5. The highest BCUT2D eigenvalue weighted by Crippen LogP contribution is 2.24. The Morgan fingerprint density at radius 3 is 2.56 bits per heavy atom. The predicted octanol–water partition coefficient (Wildman–Crippen LogP) is 2.97. The molecule has 1 aliphatic carbocycles. The van der Waals surface area contributed by atoms with Gasteiger partial charge in [-0.2, -0.15) is 11.8 Å². The SMILES string of the molecule is CSCC[C@@H](NC(=O)COc1ccccc1)C(=O)OCC(=O)Nc1ccc2c(c1)CCC2. The van der Waals surface area contributed by atoms with Gasteiger partial charge in [-0.1, -0.05) is 24.3 Å². The van der Waals surface area contributed by atoms with E-state index in [1.807, 2.05) is 30.5 Å². The van der Waals surface area contributed by atoms with E-state index in [0.717, 1.165) is 19.3 Å². The van der Waals surface area contributed by atoms with Gasteiger partial charge in [0.15, 0.2) is 13.2 Å². The number of carbonyl (C=O) groups is 3. The highest BCUT2D eigenvalue weighted by molar-refractivity contribution is 7.98. The average Bonchev–Trinajstić information content (AvgIpc) is 3.27. The first kappa shape index (κ1) is 23.7. The van der Waals surface area contributed by atoms with E-state index in [2.05, 4.69) is 10.6 Å². The summed E-state index contributed by atoms with van der Waals surface area (Å²) in [6, 6.07) is 14.0. The molecule has 0 saturated heterocycles. The minimum absolute atomic E-state index is 0.216. The van der Waals surface area contributed by atoms with Gasteiger partial charge in [0.05, 0.1) is 0 Å².